The van der Waals surface area contributed by atoms with Crippen molar-refractivity contribution >= 4 is 42.2 Å². The summed E-state index contributed by atoms with van der Waals surface area (Å²) in [5, 5.41) is 8.96. The summed E-state index contributed by atoms with van der Waals surface area (Å²) in [7, 11) is -2.66. The average Bonchev–Trinajstić information content (AvgIpc) is 3.11. The Balaban J connectivity index is 1.84. The van der Waals surface area contributed by atoms with Gasteiger partial charge in [-0.1, -0.05) is 24.2 Å². The molecule has 0 unspecified atom stereocenters. The number of carbonyl (C=O) groups is 1. The summed E-state index contributed by atoms with van der Waals surface area (Å²) in [5.41, 5.74) is 1.58. The van der Waals surface area contributed by atoms with Crippen LogP contribution in [0.25, 0.3) is 0 Å². The molecule has 0 radical (unpaired) electrons. The smallest absolute Gasteiger partial charge is 0.185 e. The highest BCUT2D eigenvalue weighted by Gasteiger charge is 2.70. The molecule has 0 spiro atoms. The first kappa shape index (κ1) is 34.7. The maximum absolute atomic E-state index is 14.7. The third kappa shape index (κ3) is 6.72. The molecule has 8 nitrogen and oxygen atoms in total. The minimum Gasteiger partial charge on any atom is -0.412 e. The van der Waals surface area contributed by atoms with Crippen molar-refractivity contribution in [3.05, 3.63) is 11.6 Å². The molecular formula is C32H58N2O6Si3. The number of hydrogen-bond acceptors (Lipinski definition) is 8. The molecule has 11 heteroatoms. The van der Waals surface area contributed by atoms with Gasteiger partial charge in [-0.2, -0.15) is 0 Å². The number of allylic oxidation sites excluding steroid dienone is 1. The van der Waals surface area contributed by atoms with E-state index in [1.54, 1.807) is 14.2 Å². The van der Waals surface area contributed by atoms with Crippen LogP contribution in [0.1, 0.15) is 52.4 Å². The fourth-order valence-electron chi connectivity index (χ4n) is 8.97. The summed E-state index contributed by atoms with van der Waals surface area (Å²) >= 11 is 0. The predicted octanol–water partition coefficient (Wildman–Crippen LogP) is 7.40. The Morgan fingerprint density at radius 3 is 2.19 bits per heavy atom. The van der Waals surface area contributed by atoms with Crippen LogP contribution in [0.4, 0.5) is 0 Å². The lowest BCUT2D eigenvalue weighted by Crippen LogP contribution is -2.65. The Kier molecular flexibility index (Phi) is 9.63. The van der Waals surface area contributed by atoms with Crippen molar-refractivity contribution in [3.8, 4) is 0 Å². The molecule has 3 saturated carbocycles. The molecule has 0 amide bonds. The number of ketones is 1. The van der Waals surface area contributed by atoms with Gasteiger partial charge in [-0.25, -0.2) is 0 Å². The second-order valence-electron chi connectivity index (χ2n) is 16.7. The summed E-state index contributed by atoms with van der Waals surface area (Å²) in [4.78, 5) is 25.4. The highest BCUT2D eigenvalue weighted by molar-refractivity contribution is 6.70. The van der Waals surface area contributed by atoms with Crippen LogP contribution >= 0.6 is 0 Å². The topological polar surface area (TPSA) is 87.9 Å². The Morgan fingerprint density at radius 1 is 0.953 bits per heavy atom. The zero-order valence-electron chi connectivity index (χ0n) is 29.2. The van der Waals surface area contributed by atoms with Crippen molar-refractivity contribution in [2.24, 2.45) is 38.9 Å². The fourth-order valence-corrected chi connectivity index (χ4v) is 12.1. The highest BCUT2D eigenvalue weighted by Crippen LogP contribution is 2.68. The van der Waals surface area contributed by atoms with Crippen molar-refractivity contribution in [2.45, 2.75) is 123 Å². The van der Waals surface area contributed by atoms with Gasteiger partial charge in [0.2, 0.25) is 0 Å². The van der Waals surface area contributed by atoms with Gasteiger partial charge >= 0.3 is 0 Å². The van der Waals surface area contributed by atoms with Crippen LogP contribution in [-0.4, -0.2) is 74.7 Å². The first-order valence-electron chi connectivity index (χ1n) is 16.2. The zero-order chi connectivity index (χ0) is 32.2. The minimum atomic E-state index is -2.10. The van der Waals surface area contributed by atoms with Gasteiger partial charge in [-0.05, 0) is 115 Å². The Hall–Kier alpha value is -1.12. The summed E-state index contributed by atoms with van der Waals surface area (Å²) < 4.78 is 20.7. The van der Waals surface area contributed by atoms with Crippen LogP contribution in [0.2, 0.25) is 58.9 Å². The van der Waals surface area contributed by atoms with E-state index in [-0.39, 0.29) is 23.4 Å². The number of oxime groups is 2. The maximum atomic E-state index is 14.7. The lowest BCUT2D eigenvalue weighted by Gasteiger charge is -2.61. The van der Waals surface area contributed by atoms with E-state index in [0.29, 0.717) is 24.7 Å². The van der Waals surface area contributed by atoms with Crippen molar-refractivity contribution in [1.29, 1.82) is 0 Å². The van der Waals surface area contributed by atoms with Crippen LogP contribution < -0.4 is 0 Å². The fraction of sp³-hybridized carbons (Fsp3) is 0.844. The SMILES string of the molecule is CO/N=C1\C=C2[C@H](O[Si](C)(C)C)C[C@@H]3[C@H](C(=O)C[C@@]4(C)[C@H]3CC[C@]4(O[Si](C)(C)C)/C(CO[Si](C)(C)C)=N\OC)[C@@]2(C)CC1. The summed E-state index contributed by atoms with van der Waals surface area (Å²) in [5.74, 6) is 0.792. The van der Waals surface area contributed by atoms with E-state index < -0.39 is 36.0 Å². The molecule has 0 saturated heterocycles. The first-order valence-corrected chi connectivity index (χ1v) is 26.4. The molecule has 4 aliphatic rings. The maximum Gasteiger partial charge on any atom is 0.185 e. The number of Topliss-reactive ketones (excluding diaryl/α,β-unsaturated/α-hetero) is 1. The van der Waals surface area contributed by atoms with E-state index in [1.807, 2.05) is 0 Å². The van der Waals surface area contributed by atoms with E-state index in [4.69, 9.17) is 23.0 Å². The highest BCUT2D eigenvalue weighted by atomic mass is 28.4. The van der Waals surface area contributed by atoms with Gasteiger partial charge < -0.3 is 23.0 Å². The number of nitrogens with zero attached hydrogens (tertiary/aromatic N) is 2. The van der Waals surface area contributed by atoms with E-state index in [1.165, 1.54) is 5.57 Å². The zero-order valence-corrected chi connectivity index (χ0v) is 32.2. The molecular weight excluding hydrogens is 593 g/mol. The molecule has 43 heavy (non-hydrogen) atoms. The Bertz CT molecular complexity index is 1170. The summed E-state index contributed by atoms with van der Waals surface area (Å²) in [6.07, 6.45) is 6.94. The standard InChI is InChI=1S/C32H58N2O6Si3/c1-30-16-14-22(33-36-3)18-25(30)27(39-42(8,9)10)19-23-24-15-17-32(40-43(11,12)13,31(24,2)20-26(35)29(23)30)28(34-37-4)21-38-41(5,6)7/h18,23-24,27,29H,14-17,19-21H2,1-13H3/b33-22-,34-28-/t23-,24-,27+,29+,30-,31-,32-/m0/s1. The molecule has 0 aromatic carbocycles. The van der Waals surface area contributed by atoms with E-state index in [2.05, 4.69) is 89.2 Å². The van der Waals surface area contributed by atoms with Gasteiger partial charge in [0, 0.05) is 23.2 Å². The summed E-state index contributed by atoms with van der Waals surface area (Å²) in [6, 6.07) is 0. The van der Waals surface area contributed by atoms with Gasteiger partial charge in [0.15, 0.2) is 25.0 Å². The predicted molar refractivity (Wildman–Crippen MR) is 181 cm³/mol. The normalized spacial score (nSPS) is 37.9. The second kappa shape index (κ2) is 11.9. The van der Waals surface area contributed by atoms with Crippen LogP contribution in [0.15, 0.2) is 22.0 Å². The number of carbonyl (C=O) groups excluding carboxylic acids is 1. The lowest BCUT2D eigenvalue weighted by atomic mass is 9.45. The Labute approximate surface area is 263 Å². The number of rotatable bonds is 10. The molecule has 0 aromatic rings. The molecule has 4 rings (SSSR count). The van der Waals surface area contributed by atoms with Crippen LogP contribution in [-0.2, 0) is 27.7 Å². The monoisotopic (exact) mass is 650 g/mol. The molecule has 7 atom stereocenters. The van der Waals surface area contributed by atoms with Crippen LogP contribution in [0, 0.1) is 28.6 Å². The molecule has 244 valence electrons. The van der Waals surface area contributed by atoms with Crippen LogP contribution in [0.3, 0.4) is 0 Å². The third-order valence-electron chi connectivity index (χ3n) is 10.3. The van der Waals surface area contributed by atoms with Gasteiger partial charge in [-0.15, -0.1) is 0 Å². The molecule has 0 aliphatic heterocycles. The molecule has 3 fully saturated rings. The van der Waals surface area contributed by atoms with E-state index >= 15 is 0 Å². The molecule has 0 heterocycles. The largest absolute Gasteiger partial charge is 0.412 e. The Morgan fingerprint density at radius 2 is 1.63 bits per heavy atom. The van der Waals surface area contributed by atoms with Crippen LogP contribution in [0.5, 0.6) is 0 Å². The van der Waals surface area contributed by atoms with E-state index in [9.17, 15) is 4.79 Å². The van der Waals surface area contributed by atoms with Gasteiger partial charge in [0.05, 0.1) is 18.4 Å². The molecule has 0 N–H and O–H groups in total. The van der Waals surface area contributed by atoms with Crippen molar-refractivity contribution in [3.63, 3.8) is 0 Å². The van der Waals surface area contributed by atoms with E-state index in [0.717, 1.165) is 43.5 Å². The molecule has 4 aliphatic carbocycles. The van der Waals surface area contributed by atoms with Gasteiger partial charge in [0.1, 0.15) is 31.3 Å². The third-order valence-corrected chi connectivity index (χ3v) is 13.2. The van der Waals surface area contributed by atoms with Crippen molar-refractivity contribution in [1.82, 2.24) is 0 Å². The van der Waals surface area contributed by atoms with Crippen molar-refractivity contribution < 1.29 is 27.7 Å². The second-order valence-corrected chi connectivity index (χ2v) is 30.1. The number of hydrogen-bond donors (Lipinski definition) is 0. The molecule has 0 aromatic heterocycles. The minimum absolute atomic E-state index is 0.0364. The van der Waals surface area contributed by atoms with Gasteiger partial charge in [0.25, 0.3) is 0 Å². The van der Waals surface area contributed by atoms with Crippen molar-refractivity contribution in [2.75, 3.05) is 20.8 Å². The first-order chi connectivity index (χ1) is 19.7. The number of fused-ring (bicyclic) bond motifs is 5. The average molecular weight is 651 g/mol. The van der Waals surface area contributed by atoms with Gasteiger partial charge in [-0.3, -0.25) is 4.79 Å². The summed E-state index contributed by atoms with van der Waals surface area (Å²) in [6.45, 7) is 25.1. The molecule has 0 bridgehead atoms. The lowest BCUT2D eigenvalue weighted by molar-refractivity contribution is -0.153. The quantitative estimate of drug-likeness (QED) is 0.139.